The molecule has 2 heterocycles. The van der Waals surface area contributed by atoms with Crippen molar-refractivity contribution >= 4 is 27.4 Å². The third kappa shape index (κ3) is 4.32. The number of nitrogens with zero attached hydrogens (tertiary/aromatic N) is 2. The van der Waals surface area contributed by atoms with E-state index in [1.165, 1.54) is 5.56 Å². The lowest BCUT2D eigenvalue weighted by atomic mass is 9.97. The molecular weight excluding hydrogens is 410 g/mol. The summed E-state index contributed by atoms with van der Waals surface area (Å²) in [6.07, 6.45) is 0.872. The standard InChI is InChI=1S/C21H22ClN3O3S/c1-14-10-21(23-28-14)24-29(26,27)20-7-6-16-8-9-25(13-18(16)12-20)15(2)17-4-3-5-19(22)11-17/h3-7,10-12,15H,8-9,13H2,1-2H3,(H,23,24). The Balaban J connectivity index is 1.56. The van der Waals surface area contributed by atoms with E-state index in [0.29, 0.717) is 17.3 Å². The van der Waals surface area contributed by atoms with Crippen LogP contribution in [0.2, 0.25) is 5.02 Å². The number of rotatable bonds is 5. The van der Waals surface area contributed by atoms with Crippen molar-refractivity contribution in [1.82, 2.24) is 10.1 Å². The van der Waals surface area contributed by atoms with E-state index < -0.39 is 10.0 Å². The summed E-state index contributed by atoms with van der Waals surface area (Å²) < 4.78 is 32.9. The summed E-state index contributed by atoms with van der Waals surface area (Å²) in [6.45, 7) is 5.43. The molecule has 152 valence electrons. The zero-order valence-electron chi connectivity index (χ0n) is 16.2. The Kier molecular flexibility index (Phi) is 5.38. The fourth-order valence-corrected chi connectivity index (χ4v) is 4.87. The number of hydrogen-bond acceptors (Lipinski definition) is 5. The first kappa shape index (κ1) is 19.9. The van der Waals surface area contributed by atoms with Gasteiger partial charge in [-0.05, 0) is 61.2 Å². The Morgan fingerprint density at radius 1 is 1.17 bits per heavy atom. The van der Waals surface area contributed by atoms with Crippen LogP contribution in [0, 0.1) is 6.92 Å². The average Bonchev–Trinajstić information content (AvgIpc) is 3.10. The van der Waals surface area contributed by atoms with Crippen molar-refractivity contribution < 1.29 is 12.9 Å². The molecule has 2 aromatic carbocycles. The summed E-state index contributed by atoms with van der Waals surface area (Å²) in [4.78, 5) is 2.55. The van der Waals surface area contributed by atoms with Crippen LogP contribution in [-0.2, 0) is 23.0 Å². The number of aryl methyl sites for hydroxylation is 1. The quantitative estimate of drug-likeness (QED) is 0.641. The van der Waals surface area contributed by atoms with Crippen LogP contribution in [0.4, 0.5) is 5.82 Å². The first-order chi connectivity index (χ1) is 13.8. The van der Waals surface area contributed by atoms with E-state index in [2.05, 4.69) is 27.8 Å². The summed E-state index contributed by atoms with van der Waals surface area (Å²) >= 11 is 6.14. The van der Waals surface area contributed by atoms with Gasteiger partial charge in [-0.3, -0.25) is 9.62 Å². The molecule has 3 aromatic rings. The zero-order valence-corrected chi connectivity index (χ0v) is 17.8. The van der Waals surface area contributed by atoms with Crippen LogP contribution >= 0.6 is 11.6 Å². The normalized spacial score (nSPS) is 15.7. The van der Waals surface area contributed by atoms with Crippen molar-refractivity contribution in [3.8, 4) is 0 Å². The van der Waals surface area contributed by atoms with E-state index in [4.69, 9.17) is 16.1 Å². The van der Waals surface area contributed by atoms with Crippen molar-refractivity contribution in [3.05, 3.63) is 76.0 Å². The van der Waals surface area contributed by atoms with Gasteiger partial charge in [-0.1, -0.05) is 35.0 Å². The Hall–Kier alpha value is -2.35. The molecule has 1 aliphatic rings. The number of aromatic nitrogens is 1. The van der Waals surface area contributed by atoms with Crippen molar-refractivity contribution in [2.24, 2.45) is 0 Å². The van der Waals surface area contributed by atoms with Crippen LogP contribution in [0.1, 0.15) is 35.4 Å². The summed E-state index contributed by atoms with van der Waals surface area (Å²) in [7, 11) is -3.74. The average molecular weight is 432 g/mol. The highest BCUT2D eigenvalue weighted by Gasteiger charge is 2.24. The second kappa shape index (κ2) is 7.82. The lowest BCUT2D eigenvalue weighted by Crippen LogP contribution is -2.33. The van der Waals surface area contributed by atoms with E-state index in [1.807, 2.05) is 24.3 Å². The van der Waals surface area contributed by atoms with E-state index in [1.54, 1.807) is 25.1 Å². The maximum atomic E-state index is 12.7. The molecular formula is C21H22ClN3O3S. The van der Waals surface area contributed by atoms with Gasteiger partial charge in [0.15, 0.2) is 5.82 Å². The Labute approximate surface area is 175 Å². The van der Waals surface area contributed by atoms with Crippen molar-refractivity contribution in [2.75, 3.05) is 11.3 Å². The molecule has 1 aliphatic heterocycles. The Morgan fingerprint density at radius 2 is 2.00 bits per heavy atom. The van der Waals surface area contributed by atoms with Gasteiger partial charge in [0, 0.05) is 30.2 Å². The van der Waals surface area contributed by atoms with Gasteiger partial charge in [0.2, 0.25) is 0 Å². The number of fused-ring (bicyclic) bond motifs is 1. The Bertz CT molecular complexity index is 1140. The molecule has 0 aliphatic carbocycles. The molecule has 6 nitrogen and oxygen atoms in total. The largest absolute Gasteiger partial charge is 0.360 e. The number of hydrogen-bond donors (Lipinski definition) is 1. The SMILES string of the molecule is Cc1cc(NS(=O)(=O)c2ccc3c(c2)CN(C(C)c2cccc(Cl)c2)CC3)no1. The minimum absolute atomic E-state index is 0.177. The van der Waals surface area contributed by atoms with Gasteiger partial charge in [-0.25, -0.2) is 8.42 Å². The number of anilines is 1. The van der Waals surface area contributed by atoms with E-state index in [0.717, 1.165) is 24.1 Å². The smallest absolute Gasteiger partial charge is 0.263 e. The molecule has 0 radical (unpaired) electrons. The molecule has 4 rings (SSSR count). The summed E-state index contributed by atoms with van der Waals surface area (Å²) in [5.74, 6) is 0.718. The highest BCUT2D eigenvalue weighted by molar-refractivity contribution is 7.92. The van der Waals surface area contributed by atoms with Crippen LogP contribution in [0.5, 0.6) is 0 Å². The van der Waals surface area contributed by atoms with Crippen LogP contribution in [-0.4, -0.2) is 25.0 Å². The molecule has 0 saturated heterocycles. The molecule has 0 fully saturated rings. The fourth-order valence-electron chi connectivity index (χ4n) is 3.64. The molecule has 1 atom stereocenters. The van der Waals surface area contributed by atoms with Gasteiger partial charge >= 0.3 is 0 Å². The van der Waals surface area contributed by atoms with Gasteiger partial charge in [-0.15, -0.1) is 0 Å². The van der Waals surface area contributed by atoms with Crippen molar-refractivity contribution in [3.63, 3.8) is 0 Å². The first-order valence-corrected chi connectivity index (χ1v) is 11.3. The molecule has 1 aromatic heterocycles. The minimum Gasteiger partial charge on any atom is -0.360 e. The van der Waals surface area contributed by atoms with Gasteiger partial charge in [-0.2, -0.15) is 0 Å². The number of benzene rings is 2. The van der Waals surface area contributed by atoms with Gasteiger partial charge in [0.1, 0.15) is 5.76 Å². The maximum absolute atomic E-state index is 12.7. The highest BCUT2D eigenvalue weighted by atomic mass is 35.5. The molecule has 29 heavy (non-hydrogen) atoms. The fraction of sp³-hybridized carbons (Fsp3) is 0.286. The number of nitrogens with one attached hydrogen (secondary N) is 1. The number of halogens is 1. The molecule has 1 N–H and O–H groups in total. The Morgan fingerprint density at radius 3 is 2.72 bits per heavy atom. The molecule has 1 unspecified atom stereocenters. The topological polar surface area (TPSA) is 75.4 Å². The summed E-state index contributed by atoms with van der Waals surface area (Å²) in [5, 5.41) is 4.42. The highest BCUT2D eigenvalue weighted by Crippen LogP contribution is 2.30. The number of sulfonamides is 1. The molecule has 8 heteroatoms. The third-order valence-corrected chi connectivity index (χ3v) is 6.86. The molecule has 0 saturated carbocycles. The monoisotopic (exact) mass is 431 g/mol. The van der Waals surface area contributed by atoms with Crippen LogP contribution < -0.4 is 4.72 Å². The lowest BCUT2D eigenvalue weighted by molar-refractivity contribution is 0.192. The van der Waals surface area contributed by atoms with Crippen LogP contribution in [0.15, 0.2) is 57.9 Å². The molecule has 0 spiro atoms. The maximum Gasteiger partial charge on any atom is 0.263 e. The third-order valence-electron chi connectivity index (χ3n) is 5.28. The minimum atomic E-state index is -3.74. The second-order valence-electron chi connectivity index (χ2n) is 7.31. The van der Waals surface area contributed by atoms with Gasteiger partial charge in [0.05, 0.1) is 4.90 Å². The lowest BCUT2D eigenvalue weighted by Gasteiger charge is -2.34. The van der Waals surface area contributed by atoms with Crippen LogP contribution in [0.25, 0.3) is 0 Å². The summed E-state index contributed by atoms with van der Waals surface area (Å²) in [6, 6.07) is 14.9. The van der Waals surface area contributed by atoms with Crippen molar-refractivity contribution in [2.45, 2.75) is 37.8 Å². The zero-order chi connectivity index (χ0) is 20.6. The van der Waals surface area contributed by atoms with E-state index in [9.17, 15) is 8.42 Å². The predicted octanol–water partition coefficient (Wildman–Crippen LogP) is 4.56. The predicted molar refractivity (Wildman–Crippen MR) is 112 cm³/mol. The first-order valence-electron chi connectivity index (χ1n) is 9.39. The van der Waals surface area contributed by atoms with Crippen LogP contribution in [0.3, 0.4) is 0 Å². The van der Waals surface area contributed by atoms with E-state index in [-0.39, 0.29) is 16.8 Å². The summed E-state index contributed by atoms with van der Waals surface area (Å²) in [5.41, 5.74) is 3.34. The molecule has 0 bridgehead atoms. The van der Waals surface area contributed by atoms with E-state index >= 15 is 0 Å². The molecule has 0 amide bonds. The second-order valence-corrected chi connectivity index (χ2v) is 9.43. The van der Waals surface area contributed by atoms with Gasteiger partial charge in [0.25, 0.3) is 10.0 Å². The van der Waals surface area contributed by atoms with Crippen molar-refractivity contribution in [1.29, 1.82) is 0 Å². The van der Waals surface area contributed by atoms with Gasteiger partial charge < -0.3 is 4.52 Å².